The molecule has 2 aromatic heterocycles. The molecule has 0 unspecified atom stereocenters. The molecule has 4 aromatic rings. The van der Waals surface area contributed by atoms with E-state index in [4.69, 9.17) is 0 Å². The van der Waals surface area contributed by atoms with Crippen molar-refractivity contribution in [3.8, 4) is 10.4 Å². The van der Waals surface area contributed by atoms with Gasteiger partial charge in [-0.3, -0.25) is 4.79 Å². The normalized spacial score (nSPS) is 18.1. The molecule has 0 radical (unpaired) electrons. The van der Waals surface area contributed by atoms with Crippen molar-refractivity contribution < 1.29 is 9.18 Å². The molecule has 0 saturated carbocycles. The van der Waals surface area contributed by atoms with Crippen LogP contribution in [0.5, 0.6) is 0 Å². The fourth-order valence-corrected chi connectivity index (χ4v) is 5.99. The lowest BCUT2D eigenvalue weighted by molar-refractivity contribution is 0.0535. The molecule has 1 N–H and O–H groups in total. The molecule has 9 heteroatoms. The Morgan fingerprint density at radius 2 is 2.03 bits per heavy atom. The molecule has 3 heterocycles. The number of halogens is 2. The van der Waals surface area contributed by atoms with Gasteiger partial charge in [0.2, 0.25) is 5.95 Å². The van der Waals surface area contributed by atoms with E-state index in [0.717, 1.165) is 43.7 Å². The summed E-state index contributed by atoms with van der Waals surface area (Å²) in [5.41, 5.74) is 2.09. The fourth-order valence-electron chi connectivity index (χ4n) is 4.62. The van der Waals surface area contributed by atoms with Gasteiger partial charge in [-0.1, -0.05) is 41.1 Å². The lowest BCUT2D eigenvalue weighted by Gasteiger charge is -2.40. The van der Waals surface area contributed by atoms with Crippen molar-refractivity contribution in [2.24, 2.45) is 5.92 Å². The topological polar surface area (TPSA) is 71.0 Å². The molecule has 35 heavy (non-hydrogen) atoms. The monoisotopic (exact) mass is 553 g/mol. The second kappa shape index (κ2) is 9.99. The third kappa shape index (κ3) is 4.92. The Hall–Kier alpha value is -2.91. The molecule has 1 aliphatic heterocycles. The molecular weight excluding hydrogens is 529 g/mol. The number of likely N-dealkylation sites (tertiary alicyclic amines) is 1. The zero-order chi connectivity index (χ0) is 24.5. The lowest BCUT2D eigenvalue weighted by Crippen LogP contribution is -2.51. The number of hydrogen-bond acceptors (Lipinski definition) is 6. The van der Waals surface area contributed by atoms with E-state index in [1.54, 1.807) is 18.3 Å². The molecule has 2 atom stereocenters. The Morgan fingerprint density at radius 3 is 2.83 bits per heavy atom. The summed E-state index contributed by atoms with van der Waals surface area (Å²) in [5.74, 6) is 0.457. The summed E-state index contributed by atoms with van der Waals surface area (Å²) < 4.78 is 14.4. The highest BCUT2D eigenvalue weighted by Crippen LogP contribution is 2.33. The van der Waals surface area contributed by atoms with Gasteiger partial charge in [-0.05, 0) is 55.5 Å². The first-order valence-corrected chi connectivity index (χ1v) is 13.2. The van der Waals surface area contributed by atoms with Crippen molar-refractivity contribution in [1.29, 1.82) is 0 Å². The first kappa shape index (κ1) is 23.8. The van der Waals surface area contributed by atoms with Gasteiger partial charge in [0, 0.05) is 29.1 Å². The Labute approximate surface area is 215 Å². The quantitative estimate of drug-likeness (QED) is 0.313. The molecule has 1 amide bonds. The summed E-state index contributed by atoms with van der Waals surface area (Å²) in [7, 11) is 0. The van der Waals surface area contributed by atoms with Gasteiger partial charge in [0.1, 0.15) is 11.5 Å². The number of anilines is 1. The first-order chi connectivity index (χ1) is 16.9. The Morgan fingerprint density at radius 1 is 1.23 bits per heavy atom. The van der Waals surface area contributed by atoms with Crippen molar-refractivity contribution in [2.45, 2.75) is 32.7 Å². The van der Waals surface area contributed by atoms with Gasteiger partial charge < -0.3 is 10.2 Å². The number of amides is 1. The SMILES string of the molecule is Cc1nc(C(=O)N2CCC[C@@H](C)[C@H]2CNc2ncc3c(Br)cccc3n2)c(-c2ccc(F)cc2)s1. The van der Waals surface area contributed by atoms with Crippen LogP contribution in [0.2, 0.25) is 0 Å². The molecule has 0 spiro atoms. The molecule has 180 valence electrons. The number of nitrogens with zero attached hydrogens (tertiary/aromatic N) is 4. The molecule has 1 saturated heterocycles. The number of fused-ring (bicyclic) bond motifs is 1. The van der Waals surface area contributed by atoms with Gasteiger partial charge in [0.25, 0.3) is 5.91 Å². The highest BCUT2D eigenvalue weighted by atomic mass is 79.9. The molecule has 2 aromatic carbocycles. The van der Waals surface area contributed by atoms with E-state index in [9.17, 15) is 9.18 Å². The highest BCUT2D eigenvalue weighted by molar-refractivity contribution is 9.10. The van der Waals surface area contributed by atoms with Crippen LogP contribution in [0.3, 0.4) is 0 Å². The second-order valence-electron chi connectivity index (χ2n) is 8.85. The van der Waals surface area contributed by atoms with Crippen molar-refractivity contribution in [3.05, 3.63) is 69.7 Å². The number of hydrogen-bond donors (Lipinski definition) is 1. The van der Waals surface area contributed by atoms with Gasteiger partial charge >= 0.3 is 0 Å². The zero-order valence-corrected chi connectivity index (χ0v) is 21.9. The van der Waals surface area contributed by atoms with E-state index in [1.807, 2.05) is 30.0 Å². The van der Waals surface area contributed by atoms with Gasteiger partial charge in [-0.15, -0.1) is 11.3 Å². The lowest BCUT2D eigenvalue weighted by atomic mass is 9.90. The number of thiazole rings is 1. The summed E-state index contributed by atoms with van der Waals surface area (Å²) in [4.78, 5) is 30.2. The largest absolute Gasteiger partial charge is 0.352 e. The van der Waals surface area contributed by atoms with Crippen molar-refractivity contribution in [2.75, 3.05) is 18.4 Å². The van der Waals surface area contributed by atoms with Crippen LogP contribution in [0.25, 0.3) is 21.3 Å². The van der Waals surface area contributed by atoms with Crippen molar-refractivity contribution >= 4 is 50.0 Å². The predicted octanol–water partition coefficient (Wildman–Crippen LogP) is 6.32. The molecular formula is C26H25BrFN5OS. The number of aromatic nitrogens is 3. The maximum Gasteiger partial charge on any atom is 0.274 e. The number of carbonyl (C=O) groups is 1. The predicted molar refractivity (Wildman–Crippen MR) is 141 cm³/mol. The maximum absolute atomic E-state index is 13.8. The van der Waals surface area contributed by atoms with E-state index in [1.165, 1.54) is 23.5 Å². The Balaban J connectivity index is 1.39. The van der Waals surface area contributed by atoms with Crippen LogP contribution in [0.1, 0.15) is 35.3 Å². The van der Waals surface area contributed by atoms with E-state index >= 15 is 0 Å². The minimum absolute atomic E-state index is 0.0267. The van der Waals surface area contributed by atoms with Crippen LogP contribution in [-0.4, -0.2) is 44.9 Å². The molecule has 1 fully saturated rings. The van der Waals surface area contributed by atoms with Crippen LogP contribution >= 0.6 is 27.3 Å². The van der Waals surface area contributed by atoms with Gasteiger partial charge in [0.15, 0.2) is 0 Å². The van der Waals surface area contributed by atoms with Gasteiger partial charge in [-0.25, -0.2) is 19.3 Å². The average molecular weight is 554 g/mol. The molecule has 0 bridgehead atoms. The van der Waals surface area contributed by atoms with Crippen LogP contribution in [0, 0.1) is 18.7 Å². The number of aryl methyl sites for hydroxylation is 1. The minimum Gasteiger partial charge on any atom is -0.352 e. The Bertz CT molecular complexity index is 1380. The summed E-state index contributed by atoms with van der Waals surface area (Å²) in [6, 6.07) is 12.1. The van der Waals surface area contributed by atoms with Crippen LogP contribution < -0.4 is 5.32 Å². The summed E-state index contributed by atoms with van der Waals surface area (Å²) in [5, 5.41) is 5.12. The zero-order valence-electron chi connectivity index (χ0n) is 19.5. The number of carbonyl (C=O) groups excluding carboxylic acids is 1. The maximum atomic E-state index is 13.8. The smallest absolute Gasteiger partial charge is 0.274 e. The van der Waals surface area contributed by atoms with E-state index in [0.29, 0.717) is 30.6 Å². The van der Waals surface area contributed by atoms with E-state index < -0.39 is 0 Å². The van der Waals surface area contributed by atoms with Gasteiger partial charge in [-0.2, -0.15) is 0 Å². The third-order valence-corrected chi connectivity index (χ3v) is 8.17. The number of benzene rings is 2. The minimum atomic E-state index is -0.304. The number of rotatable bonds is 5. The fraction of sp³-hybridized carbons (Fsp3) is 0.308. The highest BCUT2D eigenvalue weighted by Gasteiger charge is 2.34. The summed E-state index contributed by atoms with van der Waals surface area (Å²) >= 11 is 5.00. The molecule has 1 aliphatic rings. The van der Waals surface area contributed by atoms with Crippen LogP contribution in [-0.2, 0) is 0 Å². The van der Waals surface area contributed by atoms with Crippen molar-refractivity contribution in [3.63, 3.8) is 0 Å². The molecule has 0 aliphatic carbocycles. The molecule has 5 rings (SSSR count). The van der Waals surface area contributed by atoms with E-state index in [2.05, 4.69) is 43.1 Å². The van der Waals surface area contributed by atoms with Crippen molar-refractivity contribution in [1.82, 2.24) is 19.9 Å². The second-order valence-corrected chi connectivity index (χ2v) is 10.9. The number of nitrogens with one attached hydrogen (secondary N) is 1. The number of piperidine rings is 1. The standard InChI is InChI=1S/C26H25BrFN5OS/c1-15-5-4-12-33(22(15)14-30-26-29-13-19-20(27)6-3-7-21(19)32-26)25(34)23-24(35-16(2)31-23)17-8-10-18(28)11-9-17/h3,6-11,13,15,22H,4-5,12,14H2,1-2H3,(H,29,30,32)/t15-,22-/m1/s1. The molecule has 6 nitrogen and oxygen atoms in total. The summed E-state index contributed by atoms with van der Waals surface area (Å²) in [6.45, 7) is 5.28. The Kier molecular flexibility index (Phi) is 6.80. The van der Waals surface area contributed by atoms with Crippen LogP contribution in [0.4, 0.5) is 10.3 Å². The van der Waals surface area contributed by atoms with Crippen LogP contribution in [0.15, 0.2) is 53.1 Å². The average Bonchev–Trinajstić information content (AvgIpc) is 3.25. The summed E-state index contributed by atoms with van der Waals surface area (Å²) in [6.07, 6.45) is 3.79. The third-order valence-electron chi connectivity index (χ3n) is 6.46. The van der Waals surface area contributed by atoms with Gasteiger partial charge in [0.05, 0.1) is 21.4 Å². The van der Waals surface area contributed by atoms with E-state index in [-0.39, 0.29) is 17.8 Å². The first-order valence-electron chi connectivity index (χ1n) is 11.6.